The van der Waals surface area contributed by atoms with Gasteiger partial charge in [0.15, 0.2) is 0 Å². The fourth-order valence-corrected chi connectivity index (χ4v) is 4.33. The van der Waals surface area contributed by atoms with E-state index in [1.54, 1.807) is 18.7 Å². The van der Waals surface area contributed by atoms with E-state index >= 15 is 0 Å². The van der Waals surface area contributed by atoms with Gasteiger partial charge >= 0.3 is 5.97 Å². The first kappa shape index (κ1) is 15.9. The summed E-state index contributed by atoms with van der Waals surface area (Å²) in [5.41, 5.74) is 9.46. The highest BCUT2D eigenvalue weighted by Crippen LogP contribution is 2.44. The lowest BCUT2D eigenvalue weighted by molar-refractivity contribution is 0.0533. The number of aromatic nitrogens is 2. The molecule has 0 bridgehead atoms. The van der Waals surface area contributed by atoms with Crippen LogP contribution >= 0.6 is 23.1 Å². The smallest absolute Gasteiger partial charge is 0.350 e. The molecular formula is C16H17N3O2S2. The van der Waals surface area contributed by atoms with Crippen molar-refractivity contribution < 1.29 is 9.53 Å². The maximum Gasteiger partial charge on any atom is 0.350 e. The van der Waals surface area contributed by atoms with Crippen LogP contribution in [0.4, 0.5) is 5.69 Å². The molecule has 0 unspecified atom stereocenters. The van der Waals surface area contributed by atoms with E-state index in [1.165, 1.54) is 11.3 Å². The van der Waals surface area contributed by atoms with Gasteiger partial charge in [-0.25, -0.2) is 9.78 Å². The molecule has 0 spiro atoms. The Balaban J connectivity index is 2.22. The van der Waals surface area contributed by atoms with E-state index in [0.717, 1.165) is 26.6 Å². The van der Waals surface area contributed by atoms with Crippen molar-refractivity contribution >= 4 is 45.8 Å². The van der Waals surface area contributed by atoms with Gasteiger partial charge in [0, 0.05) is 7.05 Å². The second kappa shape index (κ2) is 6.25. The van der Waals surface area contributed by atoms with Gasteiger partial charge in [-0.2, -0.15) is 0 Å². The number of esters is 1. The highest BCUT2D eigenvalue weighted by Gasteiger charge is 2.25. The normalized spacial score (nSPS) is 11.1. The molecule has 0 atom stereocenters. The summed E-state index contributed by atoms with van der Waals surface area (Å²) >= 11 is 2.91. The lowest BCUT2D eigenvalue weighted by atomic mass is 10.2. The maximum absolute atomic E-state index is 12.1. The molecule has 0 aliphatic rings. The second-order valence-corrected chi connectivity index (χ2v) is 7.01. The molecule has 0 amide bonds. The number of fused-ring (bicyclic) bond motifs is 1. The highest BCUT2D eigenvalue weighted by atomic mass is 32.2. The number of rotatable bonds is 4. The van der Waals surface area contributed by atoms with Crippen molar-refractivity contribution in [1.29, 1.82) is 0 Å². The fourth-order valence-electron chi connectivity index (χ4n) is 2.50. The molecule has 5 nitrogen and oxygen atoms in total. The number of thiophene rings is 1. The topological polar surface area (TPSA) is 70.1 Å². The summed E-state index contributed by atoms with van der Waals surface area (Å²) in [6.07, 6.45) is 1.96. The molecule has 0 aliphatic carbocycles. The Bertz CT molecular complexity index is 883. The van der Waals surface area contributed by atoms with Crippen molar-refractivity contribution in [3.05, 3.63) is 29.1 Å². The molecule has 2 aromatic heterocycles. The van der Waals surface area contributed by atoms with Gasteiger partial charge in [0.1, 0.15) is 10.7 Å². The van der Waals surface area contributed by atoms with Gasteiger partial charge in [-0.15, -0.1) is 23.1 Å². The number of thioether (sulfide) groups is 1. The summed E-state index contributed by atoms with van der Waals surface area (Å²) in [5, 5.41) is 0. The SMILES string of the molecule is CCOC(=O)c1sc(SC)c(-c2nc3ccccc3n2C)c1N. The Hall–Kier alpha value is -1.99. The van der Waals surface area contributed by atoms with Crippen molar-refractivity contribution in [2.75, 3.05) is 18.6 Å². The summed E-state index contributed by atoms with van der Waals surface area (Å²) < 4.78 is 8.07. The first-order valence-electron chi connectivity index (χ1n) is 7.13. The van der Waals surface area contributed by atoms with E-state index in [0.29, 0.717) is 17.2 Å². The van der Waals surface area contributed by atoms with E-state index in [-0.39, 0.29) is 5.97 Å². The van der Waals surface area contributed by atoms with E-state index < -0.39 is 0 Å². The molecule has 3 aromatic rings. The quantitative estimate of drug-likeness (QED) is 0.574. The fraction of sp³-hybridized carbons (Fsp3) is 0.250. The van der Waals surface area contributed by atoms with Gasteiger partial charge in [0.2, 0.25) is 0 Å². The van der Waals surface area contributed by atoms with Crippen LogP contribution in [0.3, 0.4) is 0 Å². The number of anilines is 1. The molecule has 1 aromatic carbocycles. The van der Waals surface area contributed by atoms with Crippen molar-refractivity contribution in [3.63, 3.8) is 0 Å². The van der Waals surface area contributed by atoms with Crippen LogP contribution in [-0.4, -0.2) is 28.4 Å². The van der Waals surface area contributed by atoms with Gasteiger partial charge in [-0.05, 0) is 25.3 Å². The summed E-state index contributed by atoms with van der Waals surface area (Å²) in [7, 11) is 1.95. The van der Waals surface area contributed by atoms with Gasteiger partial charge in [-0.1, -0.05) is 12.1 Å². The lowest BCUT2D eigenvalue weighted by Crippen LogP contribution is -2.05. The van der Waals surface area contributed by atoms with E-state index in [9.17, 15) is 4.79 Å². The van der Waals surface area contributed by atoms with Crippen LogP contribution in [0.25, 0.3) is 22.4 Å². The molecule has 0 saturated heterocycles. The number of carbonyl (C=O) groups excluding carboxylic acids is 1. The molecule has 2 heterocycles. The zero-order chi connectivity index (χ0) is 16.6. The number of aryl methyl sites for hydroxylation is 1. The first-order valence-corrected chi connectivity index (χ1v) is 9.17. The van der Waals surface area contributed by atoms with Crippen LogP contribution in [0, 0.1) is 0 Å². The summed E-state index contributed by atoms with van der Waals surface area (Å²) in [6.45, 7) is 2.11. The predicted molar refractivity (Wildman–Crippen MR) is 96.2 cm³/mol. The maximum atomic E-state index is 12.1. The summed E-state index contributed by atoms with van der Waals surface area (Å²) in [4.78, 5) is 17.2. The van der Waals surface area contributed by atoms with Crippen LogP contribution in [0.2, 0.25) is 0 Å². The minimum Gasteiger partial charge on any atom is -0.462 e. The van der Waals surface area contributed by atoms with Gasteiger partial charge in [0.05, 0.1) is 33.1 Å². The average molecular weight is 347 g/mol. The molecular weight excluding hydrogens is 330 g/mol. The van der Waals surface area contributed by atoms with Crippen molar-refractivity contribution in [2.45, 2.75) is 11.1 Å². The van der Waals surface area contributed by atoms with Crippen molar-refractivity contribution in [2.24, 2.45) is 7.05 Å². The number of carbonyl (C=O) groups is 1. The Labute approximate surface area is 142 Å². The minimum atomic E-state index is -0.379. The Kier molecular flexibility index (Phi) is 4.32. The molecule has 0 radical (unpaired) electrons. The van der Waals surface area contributed by atoms with Crippen LogP contribution in [0.1, 0.15) is 16.6 Å². The zero-order valence-corrected chi connectivity index (χ0v) is 14.8. The average Bonchev–Trinajstić information content (AvgIpc) is 3.05. The number of hydrogen-bond acceptors (Lipinski definition) is 6. The van der Waals surface area contributed by atoms with Gasteiger partial charge in [-0.3, -0.25) is 0 Å². The Morgan fingerprint density at radius 3 is 2.83 bits per heavy atom. The molecule has 3 rings (SSSR count). The molecule has 23 heavy (non-hydrogen) atoms. The van der Waals surface area contributed by atoms with Crippen LogP contribution in [0.15, 0.2) is 28.5 Å². The number of nitrogens with zero attached hydrogens (tertiary/aromatic N) is 2. The molecule has 7 heteroatoms. The molecule has 2 N–H and O–H groups in total. The van der Waals surface area contributed by atoms with Gasteiger partial charge < -0.3 is 15.0 Å². The van der Waals surface area contributed by atoms with Crippen LogP contribution < -0.4 is 5.73 Å². The standard InChI is InChI=1S/C16H17N3O2S2/c1-4-21-15(20)13-12(17)11(16(22-3)23-13)14-18-9-7-5-6-8-10(9)19(14)2/h5-8H,4,17H2,1-3H3. The monoisotopic (exact) mass is 347 g/mol. The summed E-state index contributed by atoms with van der Waals surface area (Å²) in [5.74, 6) is 0.384. The number of imidazole rings is 1. The number of nitrogens with two attached hydrogens (primary N) is 1. The molecule has 0 aliphatic heterocycles. The Morgan fingerprint density at radius 2 is 2.17 bits per heavy atom. The third-order valence-electron chi connectivity index (χ3n) is 3.57. The van der Waals surface area contributed by atoms with Crippen LogP contribution in [-0.2, 0) is 11.8 Å². The summed E-state index contributed by atoms with van der Waals surface area (Å²) in [6, 6.07) is 7.91. The number of hydrogen-bond donors (Lipinski definition) is 1. The molecule has 0 saturated carbocycles. The van der Waals surface area contributed by atoms with E-state index in [1.807, 2.05) is 42.1 Å². The van der Waals surface area contributed by atoms with E-state index in [2.05, 4.69) is 0 Å². The van der Waals surface area contributed by atoms with Gasteiger partial charge in [0.25, 0.3) is 0 Å². The third kappa shape index (κ3) is 2.60. The second-order valence-electron chi connectivity index (χ2n) is 4.92. The largest absolute Gasteiger partial charge is 0.462 e. The predicted octanol–water partition coefficient (Wildman–Crippen LogP) is 3.78. The van der Waals surface area contributed by atoms with Crippen LogP contribution in [0.5, 0.6) is 0 Å². The number of benzene rings is 1. The van der Waals surface area contributed by atoms with Crippen molar-refractivity contribution in [1.82, 2.24) is 9.55 Å². The van der Waals surface area contributed by atoms with Crippen molar-refractivity contribution in [3.8, 4) is 11.4 Å². The number of para-hydroxylation sites is 2. The number of nitrogen functional groups attached to an aromatic ring is 1. The zero-order valence-electron chi connectivity index (χ0n) is 13.1. The molecule has 120 valence electrons. The first-order chi connectivity index (χ1) is 11.1. The third-order valence-corrected chi connectivity index (χ3v) is 5.87. The van der Waals surface area contributed by atoms with E-state index in [4.69, 9.17) is 15.5 Å². The Morgan fingerprint density at radius 1 is 1.43 bits per heavy atom. The highest BCUT2D eigenvalue weighted by molar-refractivity contribution is 8.00. The minimum absolute atomic E-state index is 0.326. The molecule has 0 fully saturated rings. The number of ether oxygens (including phenoxy) is 1. The lowest BCUT2D eigenvalue weighted by Gasteiger charge is -2.05.